The second kappa shape index (κ2) is 7.00. The molecule has 4 aromatic rings. The summed E-state index contributed by atoms with van der Waals surface area (Å²) in [7, 11) is 0. The lowest BCUT2D eigenvalue weighted by Crippen LogP contribution is -1.91. The molecular weight excluding hydrogens is 361 g/mol. The van der Waals surface area contributed by atoms with Crippen molar-refractivity contribution in [3.63, 3.8) is 0 Å². The van der Waals surface area contributed by atoms with Gasteiger partial charge in [0, 0.05) is 11.1 Å². The highest BCUT2D eigenvalue weighted by molar-refractivity contribution is 5.92. The number of carbonyl (C=O) groups excluding carboxylic acids is 1. The number of hydrogen-bond donors (Lipinski definition) is 2. The Labute approximate surface area is 159 Å². The molecule has 4 rings (SSSR count). The van der Waals surface area contributed by atoms with E-state index in [9.17, 15) is 19.4 Å². The minimum atomic E-state index is -0.618. The summed E-state index contributed by atoms with van der Waals surface area (Å²) in [6.45, 7) is 0. The molecule has 2 N–H and O–H groups in total. The predicted molar refractivity (Wildman–Crippen MR) is 101 cm³/mol. The van der Waals surface area contributed by atoms with Crippen LogP contribution in [0.4, 0.5) is 4.39 Å². The Hall–Kier alpha value is -3.93. The topological polar surface area (TPSA) is 83.6 Å². The zero-order chi connectivity index (χ0) is 19.7. The summed E-state index contributed by atoms with van der Waals surface area (Å²) >= 11 is 0. The van der Waals surface area contributed by atoms with E-state index in [0.717, 1.165) is 0 Å². The van der Waals surface area contributed by atoms with Gasteiger partial charge < -0.3 is 14.7 Å². The number of phenolic OH excluding ortho intramolecular Hbond substituents is 2. The molecule has 0 atom stereocenters. The summed E-state index contributed by atoms with van der Waals surface area (Å²) < 4.78 is 19.4. The molecule has 0 aliphatic carbocycles. The average Bonchev–Trinajstić information content (AvgIpc) is 3.14. The molecule has 138 valence electrons. The maximum Gasteiger partial charge on any atom is 0.175 e. The summed E-state index contributed by atoms with van der Waals surface area (Å²) in [6, 6.07) is 17.0. The Morgan fingerprint density at radius 2 is 1.39 bits per heavy atom. The standard InChI is InChI=1S/C22H14FNO4/c23-19-10-5-15(11-16(19)12-25)20-21(13-1-6-17(26)7-2-13)24-28-22(20)14-3-8-18(27)9-4-14/h1-12,26-27H. The number of halogens is 1. The van der Waals surface area contributed by atoms with E-state index in [1.54, 1.807) is 30.3 Å². The van der Waals surface area contributed by atoms with Crippen molar-refractivity contribution in [3.8, 4) is 45.2 Å². The maximum atomic E-state index is 13.8. The Morgan fingerprint density at radius 3 is 2.00 bits per heavy atom. The van der Waals surface area contributed by atoms with E-state index in [4.69, 9.17) is 4.52 Å². The van der Waals surface area contributed by atoms with Gasteiger partial charge in [0.25, 0.3) is 0 Å². The smallest absolute Gasteiger partial charge is 0.175 e. The van der Waals surface area contributed by atoms with Crippen LogP contribution < -0.4 is 0 Å². The first-order valence-electron chi connectivity index (χ1n) is 8.40. The third-order valence-corrected chi connectivity index (χ3v) is 4.37. The minimum absolute atomic E-state index is 0.0768. The second-order valence-corrected chi connectivity index (χ2v) is 6.18. The van der Waals surface area contributed by atoms with Crippen molar-refractivity contribution in [1.82, 2.24) is 5.16 Å². The molecule has 0 radical (unpaired) electrons. The average molecular weight is 375 g/mol. The Kier molecular flexibility index (Phi) is 4.37. The molecule has 5 nitrogen and oxygen atoms in total. The van der Waals surface area contributed by atoms with Crippen molar-refractivity contribution < 1.29 is 23.9 Å². The van der Waals surface area contributed by atoms with E-state index in [1.807, 2.05) is 0 Å². The van der Waals surface area contributed by atoms with Gasteiger partial charge in [-0.25, -0.2) is 4.39 Å². The van der Waals surface area contributed by atoms with Gasteiger partial charge in [-0.2, -0.15) is 0 Å². The number of nitrogens with zero attached hydrogens (tertiary/aromatic N) is 1. The minimum Gasteiger partial charge on any atom is -0.508 e. The molecule has 0 amide bonds. The number of hydrogen-bond acceptors (Lipinski definition) is 5. The molecule has 0 bridgehead atoms. The van der Waals surface area contributed by atoms with Crippen molar-refractivity contribution in [2.75, 3.05) is 0 Å². The van der Waals surface area contributed by atoms with E-state index in [-0.39, 0.29) is 17.1 Å². The van der Waals surface area contributed by atoms with Crippen molar-refractivity contribution in [2.45, 2.75) is 0 Å². The number of phenols is 2. The third kappa shape index (κ3) is 3.12. The van der Waals surface area contributed by atoms with Crippen LogP contribution in [0.15, 0.2) is 71.3 Å². The summed E-state index contributed by atoms with van der Waals surface area (Å²) in [4.78, 5) is 11.2. The number of benzene rings is 3. The van der Waals surface area contributed by atoms with Crippen LogP contribution in [0.2, 0.25) is 0 Å². The molecule has 0 saturated carbocycles. The summed E-state index contributed by atoms with van der Waals surface area (Å²) in [5.74, 6) is 0.00489. The van der Waals surface area contributed by atoms with E-state index >= 15 is 0 Å². The Morgan fingerprint density at radius 1 is 0.821 bits per heavy atom. The van der Waals surface area contributed by atoms with Gasteiger partial charge in [0.2, 0.25) is 0 Å². The molecule has 0 fully saturated rings. The molecular formula is C22H14FNO4. The highest BCUT2D eigenvalue weighted by Crippen LogP contribution is 2.40. The molecule has 28 heavy (non-hydrogen) atoms. The van der Waals surface area contributed by atoms with Crippen molar-refractivity contribution >= 4 is 6.29 Å². The van der Waals surface area contributed by atoms with Crippen LogP contribution in [-0.2, 0) is 0 Å². The number of carbonyl (C=O) groups is 1. The van der Waals surface area contributed by atoms with Gasteiger partial charge in [-0.1, -0.05) is 11.2 Å². The number of aromatic hydroxyl groups is 2. The molecule has 1 aromatic heterocycles. The number of aromatic nitrogens is 1. The molecule has 0 aliphatic heterocycles. The summed E-state index contributed by atoms with van der Waals surface area (Å²) in [5, 5.41) is 23.3. The third-order valence-electron chi connectivity index (χ3n) is 4.37. The predicted octanol–water partition coefficient (Wildman–Crippen LogP) is 5.04. The number of aldehydes is 1. The zero-order valence-corrected chi connectivity index (χ0v) is 14.5. The molecule has 3 aromatic carbocycles. The van der Waals surface area contributed by atoms with Gasteiger partial charge in [0.05, 0.1) is 11.1 Å². The fraction of sp³-hybridized carbons (Fsp3) is 0. The van der Waals surface area contributed by atoms with Crippen LogP contribution in [0.1, 0.15) is 10.4 Å². The van der Waals surface area contributed by atoms with Crippen molar-refractivity contribution in [2.24, 2.45) is 0 Å². The maximum absolute atomic E-state index is 13.8. The van der Waals surface area contributed by atoms with Crippen LogP contribution >= 0.6 is 0 Å². The first kappa shape index (κ1) is 17.5. The van der Waals surface area contributed by atoms with Gasteiger partial charge in [0.1, 0.15) is 23.0 Å². The zero-order valence-electron chi connectivity index (χ0n) is 14.5. The first-order chi connectivity index (χ1) is 13.6. The van der Waals surface area contributed by atoms with Crippen molar-refractivity contribution in [1.29, 1.82) is 0 Å². The van der Waals surface area contributed by atoms with Gasteiger partial charge in [-0.15, -0.1) is 0 Å². The Bertz CT molecular complexity index is 1090. The van der Waals surface area contributed by atoms with Crippen molar-refractivity contribution in [3.05, 3.63) is 78.1 Å². The van der Waals surface area contributed by atoms with Crippen LogP contribution in [0.3, 0.4) is 0 Å². The first-order valence-corrected chi connectivity index (χ1v) is 8.40. The monoisotopic (exact) mass is 375 g/mol. The highest BCUT2D eigenvalue weighted by Gasteiger charge is 2.21. The fourth-order valence-corrected chi connectivity index (χ4v) is 2.97. The lowest BCUT2D eigenvalue weighted by Gasteiger charge is -2.07. The largest absolute Gasteiger partial charge is 0.508 e. The van der Waals surface area contributed by atoms with E-state index in [2.05, 4.69) is 5.16 Å². The molecule has 6 heteroatoms. The fourth-order valence-electron chi connectivity index (χ4n) is 2.97. The number of rotatable bonds is 4. The molecule has 0 spiro atoms. The second-order valence-electron chi connectivity index (χ2n) is 6.18. The molecule has 0 aliphatic rings. The van der Waals surface area contributed by atoms with Crippen LogP contribution in [0, 0.1) is 5.82 Å². The summed E-state index contributed by atoms with van der Waals surface area (Å²) in [5.41, 5.74) is 2.86. The molecule has 1 heterocycles. The van der Waals surface area contributed by atoms with Gasteiger partial charge in [-0.3, -0.25) is 4.79 Å². The lowest BCUT2D eigenvalue weighted by molar-refractivity contribution is 0.112. The highest BCUT2D eigenvalue weighted by atomic mass is 19.1. The van der Waals surface area contributed by atoms with Gasteiger partial charge >= 0.3 is 0 Å². The summed E-state index contributed by atoms with van der Waals surface area (Å²) in [6.07, 6.45) is 0.451. The van der Waals surface area contributed by atoms with E-state index in [1.165, 1.54) is 36.4 Å². The normalized spacial score (nSPS) is 10.8. The Balaban J connectivity index is 1.97. The van der Waals surface area contributed by atoms with E-state index in [0.29, 0.717) is 40.0 Å². The van der Waals surface area contributed by atoms with Crippen LogP contribution in [0.5, 0.6) is 11.5 Å². The quantitative estimate of drug-likeness (QED) is 0.488. The van der Waals surface area contributed by atoms with Crippen LogP contribution in [0.25, 0.3) is 33.7 Å². The lowest BCUT2D eigenvalue weighted by atomic mass is 9.95. The SMILES string of the molecule is O=Cc1cc(-c2c(-c3ccc(O)cc3)noc2-c2ccc(O)cc2)ccc1F. The van der Waals surface area contributed by atoms with Gasteiger partial charge in [0.15, 0.2) is 12.0 Å². The molecule has 0 saturated heterocycles. The van der Waals surface area contributed by atoms with Gasteiger partial charge in [-0.05, 0) is 66.2 Å². The van der Waals surface area contributed by atoms with E-state index < -0.39 is 5.82 Å². The van der Waals surface area contributed by atoms with Crippen LogP contribution in [-0.4, -0.2) is 21.7 Å². The molecule has 0 unspecified atom stereocenters.